The Morgan fingerprint density at radius 3 is 2.23 bits per heavy atom. The van der Waals surface area contributed by atoms with Crippen LogP contribution in [0.4, 0.5) is 13.2 Å². The molecule has 0 aliphatic heterocycles. The number of halogens is 3. The molecule has 0 aliphatic carbocycles. The Hall–Kier alpha value is -1.09. The smallest absolute Gasteiger partial charge is 0.225 e. The van der Waals surface area contributed by atoms with E-state index in [0.29, 0.717) is 12.4 Å². The minimum atomic E-state index is -4.73. The first-order chi connectivity index (χ1) is 5.71. The lowest BCUT2D eigenvalue weighted by molar-refractivity contribution is -0.212. The molecule has 0 saturated heterocycles. The number of sulfonamides is 1. The molecule has 0 bridgehead atoms. The molecule has 13 heavy (non-hydrogen) atoms. The summed E-state index contributed by atoms with van der Waals surface area (Å²) in [5, 5.41) is 7.35. The molecule has 0 aromatic carbocycles. The van der Waals surface area contributed by atoms with Crippen molar-refractivity contribution in [1.29, 1.82) is 0 Å². The number of alkyl halides is 3. The van der Waals surface area contributed by atoms with Crippen molar-refractivity contribution >= 4 is 10.0 Å². The zero-order chi connectivity index (χ0) is 10.3. The average Bonchev–Trinajstić information content (AvgIpc) is 2.28. The maximum atomic E-state index is 11.9. The summed E-state index contributed by atoms with van der Waals surface area (Å²) in [5.74, 6) is 0. The normalized spacial score (nSPS) is 13.2. The van der Waals surface area contributed by atoms with E-state index in [1.165, 1.54) is 0 Å². The van der Waals surface area contributed by atoms with E-state index in [-0.39, 0.29) is 0 Å². The van der Waals surface area contributed by atoms with Crippen LogP contribution in [0.25, 0.3) is 0 Å². The molecule has 0 spiro atoms. The third-order valence-corrected chi connectivity index (χ3v) is 2.02. The number of primary sulfonamides is 1. The highest BCUT2D eigenvalue weighted by Gasteiger charge is 2.32. The van der Waals surface area contributed by atoms with Crippen molar-refractivity contribution in [2.45, 2.75) is 11.2 Å². The van der Waals surface area contributed by atoms with Crippen LogP contribution in [0.2, 0.25) is 0 Å². The topological polar surface area (TPSA) is 78.0 Å². The van der Waals surface area contributed by atoms with E-state index in [9.17, 15) is 21.6 Å². The van der Waals surface area contributed by atoms with Gasteiger partial charge in [-0.3, -0.25) is 0 Å². The maximum absolute atomic E-state index is 11.9. The Morgan fingerprint density at radius 2 is 2.00 bits per heavy atom. The van der Waals surface area contributed by atoms with Gasteiger partial charge in [-0.05, 0) is 0 Å². The van der Waals surface area contributed by atoms with Gasteiger partial charge in [0.2, 0.25) is 10.0 Å². The molecule has 0 radical (unpaired) electrons. The molecular weight excluding hydrogens is 211 g/mol. The highest BCUT2D eigenvalue weighted by atomic mass is 32.2. The van der Waals surface area contributed by atoms with Crippen molar-refractivity contribution in [2.24, 2.45) is 5.14 Å². The van der Waals surface area contributed by atoms with Crippen LogP contribution < -0.4 is 5.14 Å². The summed E-state index contributed by atoms with van der Waals surface area (Å²) < 4.78 is 56.2. The molecule has 0 fully saturated rings. The van der Waals surface area contributed by atoms with E-state index in [2.05, 4.69) is 10.2 Å². The molecule has 1 aromatic heterocycles. The minimum Gasteiger partial charge on any atom is -0.225 e. The number of nitrogens with two attached hydrogens (primary N) is 1. The van der Waals surface area contributed by atoms with Gasteiger partial charge in [-0.25, -0.2) is 13.6 Å². The van der Waals surface area contributed by atoms with Crippen LogP contribution in [0.15, 0.2) is 17.3 Å². The van der Waals surface area contributed by atoms with Crippen LogP contribution in [-0.2, 0) is 16.3 Å². The summed E-state index contributed by atoms with van der Waals surface area (Å²) in [4.78, 5) is -0.676. The molecule has 9 heteroatoms. The summed E-state index contributed by atoms with van der Waals surface area (Å²) in [5.41, 5.74) is 0. The molecular formula is C4H4F3N3O2S. The number of rotatable bonds is 1. The van der Waals surface area contributed by atoms with E-state index < -0.39 is 25.9 Å². The minimum absolute atomic E-state index is 0.301. The summed E-state index contributed by atoms with van der Waals surface area (Å²) >= 11 is 0. The van der Waals surface area contributed by atoms with Gasteiger partial charge in [-0.1, -0.05) is 0 Å². The highest BCUT2D eigenvalue weighted by Crippen LogP contribution is 2.21. The SMILES string of the molecule is NS(=O)(=O)c1cnn(C(F)(F)F)c1. The van der Waals surface area contributed by atoms with E-state index in [1.807, 2.05) is 0 Å². The first kappa shape index (κ1) is 9.99. The van der Waals surface area contributed by atoms with Crippen LogP contribution in [0.3, 0.4) is 0 Å². The zero-order valence-electron chi connectivity index (χ0n) is 5.99. The van der Waals surface area contributed by atoms with Crippen LogP contribution >= 0.6 is 0 Å². The largest absolute Gasteiger partial charge is 0.504 e. The molecule has 0 atom stereocenters. The molecule has 0 saturated carbocycles. The van der Waals surface area contributed by atoms with Gasteiger partial charge in [-0.2, -0.15) is 9.78 Å². The van der Waals surface area contributed by atoms with Crippen molar-refractivity contribution in [2.75, 3.05) is 0 Å². The summed E-state index contributed by atoms with van der Waals surface area (Å²) in [7, 11) is -4.13. The molecule has 1 aromatic rings. The van der Waals surface area contributed by atoms with E-state index in [1.54, 1.807) is 0 Å². The quantitative estimate of drug-likeness (QED) is 0.716. The molecule has 2 N–H and O–H groups in total. The molecule has 1 heterocycles. The van der Waals surface area contributed by atoms with Gasteiger partial charge in [0.15, 0.2) is 0 Å². The van der Waals surface area contributed by atoms with E-state index in [0.717, 1.165) is 0 Å². The van der Waals surface area contributed by atoms with Gasteiger partial charge >= 0.3 is 6.30 Å². The third kappa shape index (κ3) is 2.18. The molecule has 5 nitrogen and oxygen atoms in total. The van der Waals surface area contributed by atoms with Gasteiger partial charge in [-0.15, -0.1) is 13.2 Å². The number of aromatic nitrogens is 2. The number of hydrogen-bond donors (Lipinski definition) is 1. The van der Waals surface area contributed by atoms with Gasteiger partial charge in [0.05, 0.1) is 12.4 Å². The van der Waals surface area contributed by atoms with Crippen LogP contribution in [0.1, 0.15) is 0 Å². The summed E-state index contributed by atoms with van der Waals surface area (Å²) in [6.07, 6.45) is -3.90. The summed E-state index contributed by atoms with van der Waals surface area (Å²) in [6.45, 7) is 0. The van der Waals surface area contributed by atoms with Crippen molar-refractivity contribution in [3.63, 3.8) is 0 Å². The second kappa shape index (κ2) is 2.70. The predicted molar refractivity (Wildman–Crippen MR) is 34.9 cm³/mol. The highest BCUT2D eigenvalue weighted by molar-refractivity contribution is 7.89. The standard InChI is InChI=1S/C4H4F3N3O2S/c5-4(6,7)10-2-3(1-9-10)13(8,11)12/h1-2H,(H2,8,11,12). The van der Waals surface area contributed by atoms with Crippen LogP contribution in [0.5, 0.6) is 0 Å². The Labute approximate surface area is 71.0 Å². The monoisotopic (exact) mass is 215 g/mol. The van der Waals surface area contributed by atoms with Gasteiger partial charge < -0.3 is 0 Å². The summed E-state index contributed by atoms with van der Waals surface area (Å²) in [6, 6.07) is 0. The Bertz CT molecular complexity index is 407. The van der Waals surface area contributed by atoms with Gasteiger partial charge in [0.1, 0.15) is 4.90 Å². The van der Waals surface area contributed by atoms with Crippen LogP contribution in [-0.4, -0.2) is 18.2 Å². The lowest BCUT2D eigenvalue weighted by atomic mass is 10.7. The van der Waals surface area contributed by atoms with Crippen molar-refractivity contribution in [3.05, 3.63) is 12.4 Å². The first-order valence-corrected chi connectivity index (χ1v) is 4.40. The maximum Gasteiger partial charge on any atom is 0.504 e. The van der Waals surface area contributed by atoms with Crippen LogP contribution in [0, 0.1) is 0 Å². The van der Waals surface area contributed by atoms with Gasteiger partial charge in [0, 0.05) is 0 Å². The molecule has 0 amide bonds. The fourth-order valence-electron chi connectivity index (χ4n) is 0.592. The van der Waals surface area contributed by atoms with Crippen molar-refractivity contribution < 1.29 is 21.6 Å². The van der Waals surface area contributed by atoms with Crippen molar-refractivity contribution in [3.8, 4) is 0 Å². The lowest BCUT2D eigenvalue weighted by Gasteiger charge is -2.03. The molecule has 1 rings (SSSR count). The Kier molecular flexibility index (Phi) is 2.08. The molecule has 0 aliphatic rings. The van der Waals surface area contributed by atoms with E-state index >= 15 is 0 Å². The van der Waals surface area contributed by atoms with Gasteiger partial charge in [0.25, 0.3) is 0 Å². The second-order valence-electron chi connectivity index (χ2n) is 2.13. The molecule has 74 valence electrons. The van der Waals surface area contributed by atoms with Crippen molar-refractivity contribution in [1.82, 2.24) is 9.78 Å². The predicted octanol–water partition coefficient (Wildman–Crippen LogP) is 0.00680. The number of hydrogen-bond acceptors (Lipinski definition) is 3. The second-order valence-corrected chi connectivity index (χ2v) is 3.69. The first-order valence-electron chi connectivity index (χ1n) is 2.86. The fraction of sp³-hybridized carbons (Fsp3) is 0.250. The Balaban J connectivity index is 3.16. The zero-order valence-corrected chi connectivity index (χ0v) is 6.80. The lowest BCUT2D eigenvalue weighted by Crippen LogP contribution is -2.17. The Morgan fingerprint density at radius 1 is 1.46 bits per heavy atom. The third-order valence-electron chi connectivity index (χ3n) is 1.15. The fourth-order valence-corrected chi connectivity index (χ4v) is 1.03. The number of nitrogens with zero attached hydrogens (tertiary/aromatic N) is 2. The average molecular weight is 215 g/mol. The van der Waals surface area contributed by atoms with E-state index in [4.69, 9.17) is 0 Å². The molecule has 0 unspecified atom stereocenters.